The van der Waals surface area contributed by atoms with Crippen LogP contribution in [0.1, 0.15) is 25.8 Å². The number of hydrogen-bond donors (Lipinski definition) is 2. The molecule has 0 aliphatic carbocycles. The van der Waals surface area contributed by atoms with Crippen LogP contribution in [0.15, 0.2) is 38.3 Å². The number of aryl methyl sites for hydroxylation is 1. The highest BCUT2D eigenvalue weighted by Crippen LogP contribution is 2.20. The van der Waals surface area contributed by atoms with Crippen molar-refractivity contribution in [3.8, 4) is 0 Å². The molecule has 25 heavy (non-hydrogen) atoms. The van der Waals surface area contributed by atoms with Gasteiger partial charge in [-0.15, -0.1) is 0 Å². The number of imidazole rings is 1. The van der Waals surface area contributed by atoms with Crippen molar-refractivity contribution in [3.63, 3.8) is 0 Å². The number of nitrogens with zero attached hydrogens (tertiary/aromatic N) is 3. The van der Waals surface area contributed by atoms with E-state index in [2.05, 4.69) is 38.1 Å². The zero-order valence-electron chi connectivity index (χ0n) is 14.3. The van der Waals surface area contributed by atoms with E-state index in [0.717, 1.165) is 16.5 Å². The van der Waals surface area contributed by atoms with E-state index in [1.807, 2.05) is 35.8 Å². The number of H-pyrrole nitrogens is 1. The van der Waals surface area contributed by atoms with Crippen LogP contribution in [-0.2, 0) is 13.6 Å². The summed E-state index contributed by atoms with van der Waals surface area (Å²) in [6.45, 7) is 4.59. The van der Waals surface area contributed by atoms with Crippen LogP contribution in [0.2, 0.25) is 0 Å². The van der Waals surface area contributed by atoms with Crippen LogP contribution < -0.4 is 16.6 Å². The summed E-state index contributed by atoms with van der Waals surface area (Å²) in [5, 5.41) is 3.33. The second kappa shape index (κ2) is 6.87. The van der Waals surface area contributed by atoms with E-state index in [1.54, 1.807) is 7.05 Å². The molecule has 0 amide bonds. The van der Waals surface area contributed by atoms with E-state index < -0.39 is 11.2 Å². The maximum Gasteiger partial charge on any atom is 0.329 e. The van der Waals surface area contributed by atoms with Crippen molar-refractivity contribution in [2.75, 3.05) is 5.32 Å². The first-order valence-electron chi connectivity index (χ1n) is 8.11. The molecule has 1 aromatic carbocycles. The second-order valence-electron chi connectivity index (χ2n) is 6.10. The van der Waals surface area contributed by atoms with Gasteiger partial charge < -0.3 is 5.32 Å². The van der Waals surface area contributed by atoms with Gasteiger partial charge in [0.15, 0.2) is 11.2 Å². The monoisotopic (exact) mass is 405 g/mol. The number of hydrogen-bond acceptors (Lipinski definition) is 4. The molecule has 8 heteroatoms. The Kier molecular flexibility index (Phi) is 4.80. The Hall–Kier alpha value is -2.35. The van der Waals surface area contributed by atoms with Gasteiger partial charge in [-0.1, -0.05) is 35.0 Å². The van der Waals surface area contributed by atoms with Crippen LogP contribution in [0.3, 0.4) is 0 Å². The lowest BCUT2D eigenvalue weighted by molar-refractivity contribution is 0.729. The minimum absolute atomic E-state index is 0.189. The van der Waals surface area contributed by atoms with E-state index in [4.69, 9.17) is 0 Å². The summed E-state index contributed by atoms with van der Waals surface area (Å²) in [5.41, 5.74) is 0.869. The van der Waals surface area contributed by atoms with Crippen molar-refractivity contribution in [1.82, 2.24) is 19.1 Å². The topological polar surface area (TPSA) is 84.7 Å². The smallest absolute Gasteiger partial charge is 0.329 e. The lowest BCUT2D eigenvalue weighted by atomic mass is 10.2. The molecule has 0 spiro atoms. The molecule has 0 aliphatic heterocycles. The molecule has 3 aromatic rings. The number of anilines is 1. The van der Waals surface area contributed by atoms with Crippen LogP contribution in [-0.4, -0.2) is 25.1 Å². The number of aromatic nitrogens is 4. The Morgan fingerprint density at radius 1 is 1.36 bits per heavy atom. The van der Waals surface area contributed by atoms with Crippen molar-refractivity contribution in [2.45, 2.75) is 32.9 Å². The van der Waals surface area contributed by atoms with E-state index in [1.165, 1.54) is 4.57 Å². The number of halogens is 1. The standard InChI is InChI=1S/C17H20BrN5O2/c1-4-10(2)19-16-20-14-13(15(24)21-17(25)22(14)3)23(16)9-11-6-5-7-12(18)8-11/h5-8,10H,4,9H2,1-3H3,(H,19,20)(H,21,24,25)/t10-/m1/s1. The Labute approximate surface area is 152 Å². The van der Waals surface area contributed by atoms with Crippen LogP contribution in [0.4, 0.5) is 5.95 Å². The molecule has 1 atom stereocenters. The average Bonchev–Trinajstić information content (AvgIpc) is 2.91. The summed E-state index contributed by atoms with van der Waals surface area (Å²) in [4.78, 5) is 31.2. The molecule has 132 valence electrons. The summed E-state index contributed by atoms with van der Waals surface area (Å²) in [7, 11) is 1.60. The number of nitrogens with one attached hydrogen (secondary N) is 2. The van der Waals surface area contributed by atoms with Gasteiger partial charge in [0.05, 0.1) is 6.54 Å². The predicted molar refractivity (Wildman–Crippen MR) is 102 cm³/mol. The molecule has 0 saturated carbocycles. The normalized spacial score (nSPS) is 12.5. The highest BCUT2D eigenvalue weighted by molar-refractivity contribution is 9.10. The predicted octanol–water partition coefficient (Wildman–Crippen LogP) is 2.44. The van der Waals surface area contributed by atoms with Crippen molar-refractivity contribution in [3.05, 3.63) is 55.1 Å². The average molecular weight is 406 g/mol. The summed E-state index contributed by atoms with van der Waals surface area (Å²) in [5.74, 6) is 0.580. The minimum atomic E-state index is -0.473. The maximum absolute atomic E-state index is 12.4. The van der Waals surface area contributed by atoms with E-state index in [-0.39, 0.29) is 6.04 Å². The molecule has 2 aromatic heterocycles. The zero-order valence-corrected chi connectivity index (χ0v) is 15.9. The van der Waals surface area contributed by atoms with Crippen molar-refractivity contribution in [2.24, 2.45) is 7.05 Å². The first-order valence-corrected chi connectivity index (χ1v) is 8.90. The number of aromatic amines is 1. The SMILES string of the molecule is CC[C@@H](C)Nc1nc2c(c(=O)[nH]c(=O)n2C)n1Cc1cccc(Br)c1. The van der Waals surface area contributed by atoms with Gasteiger partial charge in [0.2, 0.25) is 5.95 Å². The Morgan fingerprint density at radius 3 is 2.80 bits per heavy atom. The maximum atomic E-state index is 12.4. The third-order valence-electron chi connectivity index (χ3n) is 4.22. The molecular formula is C17H20BrN5O2. The lowest BCUT2D eigenvalue weighted by Crippen LogP contribution is -2.29. The van der Waals surface area contributed by atoms with Crippen LogP contribution in [0.25, 0.3) is 11.2 Å². The molecule has 0 radical (unpaired) electrons. The largest absolute Gasteiger partial charge is 0.353 e. The van der Waals surface area contributed by atoms with Crippen LogP contribution >= 0.6 is 15.9 Å². The zero-order chi connectivity index (χ0) is 18.1. The highest BCUT2D eigenvalue weighted by atomic mass is 79.9. The van der Waals surface area contributed by atoms with Crippen molar-refractivity contribution in [1.29, 1.82) is 0 Å². The fraction of sp³-hybridized carbons (Fsp3) is 0.353. The Balaban J connectivity index is 2.22. The fourth-order valence-corrected chi connectivity index (χ4v) is 3.09. The van der Waals surface area contributed by atoms with Crippen LogP contribution in [0, 0.1) is 0 Å². The van der Waals surface area contributed by atoms with Gasteiger partial charge in [-0.2, -0.15) is 4.98 Å². The Bertz CT molecular complexity index is 1030. The van der Waals surface area contributed by atoms with E-state index >= 15 is 0 Å². The summed E-state index contributed by atoms with van der Waals surface area (Å²) >= 11 is 3.47. The third-order valence-corrected chi connectivity index (χ3v) is 4.72. The van der Waals surface area contributed by atoms with Crippen molar-refractivity contribution < 1.29 is 0 Å². The van der Waals surface area contributed by atoms with E-state index in [0.29, 0.717) is 23.7 Å². The molecule has 2 heterocycles. The number of benzene rings is 1. The molecule has 2 N–H and O–H groups in total. The molecule has 7 nitrogen and oxygen atoms in total. The van der Waals surface area contributed by atoms with Gasteiger partial charge in [0, 0.05) is 17.6 Å². The minimum Gasteiger partial charge on any atom is -0.353 e. The molecule has 0 aliphatic rings. The number of rotatable bonds is 5. The van der Waals surface area contributed by atoms with Crippen molar-refractivity contribution >= 4 is 33.0 Å². The molecule has 0 bridgehead atoms. The first-order chi connectivity index (χ1) is 11.9. The Morgan fingerprint density at radius 2 is 2.12 bits per heavy atom. The molecule has 3 rings (SSSR count). The number of fused-ring (bicyclic) bond motifs is 1. The summed E-state index contributed by atoms with van der Waals surface area (Å²) in [6.07, 6.45) is 0.912. The highest BCUT2D eigenvalue weighted by Gasteiger charge is 2.18. The van der Waals surface area contributed by atoms with Gasteiger partial charge in [0.1, 0.15) is 0 Å². The van der Waals surface area contributed by atoms with Gasteiger partial charge in [0.25, 0.3) is 5.56 Å². The van der Waals surface area contributed by atoms with Gasteiger partial charge in [-0.25, -0.2) is 4.79 Å². The van der Waals surface area contributed by atoms with Gasteiger partial charge in [-0.05, 0) is 31.0 Å². The fourth-order valence-electron chi connectivity index (χ4n) is 2.64. The summed E-state index contributed by atoms with van der Waals surface area (Å²) < 4.78 is 4.14. The molecular weight excluding hydrogens is 386 g/mol. The second-order valence-corrected chi connectivity index (χ2v) is 7.01. The quantitative estimate of drug-likeness (QED) is 0.682. The van der Waals surface area contributed by atoms with E-state index in [9.17, 15) is 9.59 Å². The lowest BCUT2D eigenvalue weighted by Gasteiger charge is -2.14. The summed E-state index contributed by atoms with van der Waals surface area (Å²) in [6, 6.07) is 8.06. The van der Waals surface area contributed by atoms with Gasteiger partial charge in [-0.3, -0.25) is 18.9 Å². The third kappa shape index (κ3) is 3.39. The van der Waals surface area contributed by atoms with Crippen LogP contribution in [0.5, 0.6) is 0 Å². The molecule has 0 unspecified atom stereocenters. The molecule has 0 saturated heterocycles. The first kappa shape index (κ1) is 17.5. The van der Waals surface area contributed by atoms with Gasteiger partial charge >= 0.3 is 5.69 Å². The molecule has 0 fully saturated rings.